The van der Waals surface area contributed by atoms with Crippen molar-refractivity contribution in [3.63, 3.8) is 0 Å². The zero-order chi connectivity index (χ0) is 17.5. The Labute approximate surface area is 148 Å². The average Bonchev–Trinajstić information content (AvgIpc) is 3.14. The van der Waals surface area contributed by atoms with Gasteiger partial charge in [0, 0.05) is 25.0 Å². The van der Waals surface area contributed by atoms with Crippen molar-refractivity contribution in [2.45, 2.75) is 11.7 Å². The molecule has 0 bridgehead atoms. The summed E-state index contributed by atoms with van der Waals surface area (Å²) >= 11 is 1.26. The van der Waals surface area contributed by atoms with Gasteiger partial charge in [0.25, 0.3) is 0 Å². The number of thioether (sulfide) groups is 1. The Morgan fingerprint density at radius 3 is 3.04 bits per heavy atom. The quantitative estimate of drug-likeness (QED) is 0.641. The zero-order valence-corrected chi connectivity index (χ0v) is 14.3. The van der Waals surface area contributed by atoms with E-state index >= 15 is 0 Å². The summed E-state index contributed by atoms with van der Waals surface area (Å²) in [6, 6.07) is 11.1. The topological polar surface area (TPSA) is 94.8 Å². The average molecular weight is 356 g/mol. The maximum atomic E-state index is 12.0. The van der Waals surface area contributed by atoms with Crippen LogP contribution in [0.5, 0.6) is 5.75 Å². The molecule has 9 heteroatoms. The third kappa shape index (κ3) is 4.54. The molecular formula is C16H16N6O2S. The maximum absolute atomic E-state index is 12.0. The number of ether oxygens (including phenoxy) is 1. The van der Waals surface area contributed by atoms with E-state index in [1.165, 1.54) is 11.8 Å². The van der Waals surface area contributed by atoms with Crippen LogP contribution in [-0.4, -0.2) is 44.0 Å². The van der Waals surface area contributed by atoms with Crippen LogP contribution in [0.4, 0.5) is 0 Å². The Kier molecular flexibility index (Phi) is 5.57. The SMILES string of the molecule is COc1cccc(-n2nnnc2SCC(=O)NCc2cccnc2)c1. The summed E-state index contributed by atoms with van der Waals surface area (Å²) in [7, 11) is 1.60. The smallest absolute Gasteiger partial charge is 0.230 e. The van der Waals surface area contributed by atoms with Crippen molar-refractivity contribution >= 4 is 17.7 Å². The highest BCUT2D eigenvalue weighted by atomic mass is 32.2. The first-order valence-electron chi connectivity index (χ1n) is 7.47. The largest absolute Gasteiger partial charge is 0.497 e. The van der Waals surface area contributed by atoms with Crippen molar-refractivity contribution in [3.8, 4) is 11.4 Å². The molecule has 1 amide bonds. The van der Waals surface area contributed by atoms with Crippen molar-refractivity contribution in [2.24, 2.45) is 0 Å². The molecule has 1 aromatic carbocycles. The van der Waals surface area contributed by atoms with Gasteiger partial charge in [0.2, 0.25) is 11.1 Å². The lowest BCUT2D eigenvalue weighted by Gasteiger charge is -2.07. The summed E-state index contributed by atoms with van der Waals surface area (Å²) in [6.45, 7) is 0.439. The number of pyridine rings is 1. The molecule has 0 saturated carbocycles. The molecule has 2 heterocycles. The van der Waals surface area contributed by atoms with Crippen LogP contribution < -0.4 is 10.1 Å². The summed E-state index contributed by atoms with van der Waals surface area (Å²) in [6.07, 6.45) is 3.41. The molecule has 0 atom stereocenters. The van der Waals surface area contributed by atoms with E-state index in [1.54, 1.807) is 24.2 Å². The molecule has 128 valence electrons. The van der Waals surface area contributed by atoms with Crippen LogP contribution in [-0.2, 0) is 11.3 Å². The van der Waals surface area contributed by atoms with Gasteiger partial charge >= 0.3 is 0 Å². The van der Waals surface area contributed by atoms with Gasteiger partial charge in [-0.05, 0) is 34.2 Å². The number of aromatic nitrogens is 5. The lowest BCUT2D eigenvalue weighted by atomic mass is 10.3. The first-order chi connectivity index (χ1) is 12.3. The predicted molar refractivity (Wildman–Crippen MR) is 92.5 cm³/mol. The highest BCUT2D eigenvalue weighted by Gasteiger charge is 2.12. The standard InChI is InChI=1S/C16H16N6O2S/c1-24-14-6-2-5-13(8-14)22-16(19-20-21-22)25-11-15(23)18-10-12-4-3-7-17-9-12/h2-9H,10-11H2,1H3,(H,18,23). The van der Waals surface area contributed by atoms with Crippen molar-refractivity contribution in [3.05, 3.63) is 54.4 Å². The minimum Gasteiger partial charge on any atom is -0.497 e. The normalized spacial score (nSPS) is 10.4. The van der Waals surface area contributed by atoms with E-state index in [0.717, 1.165) is 11.3 Å². The number of rotatable bonds is 7. The second-order valence-electron chi connectivity index (χ2n) is 5.00. The molecule has 0 aliphatic carbocycles. The Balaban J connectivity index is 1.58. The second-order valence-corrected chi connectivity index (χ2v) is 5.94. The molecule has 0 unspecified atom stereocenters. The van der Waals surface area contributed by atoms with Gasteiger partial charge < -0.3 is 10.1 Å². The Hall–Kier alpha value is -2.94. The third-order valence-electron chi connectivity index (χ3n) is 3.28. The highest BCUT2D eigenvalue weighted by molar-refractivity contribution is 7.99. The van der Waals surface area contributed by atoms with E-state index in [2.05, 4.69) is 25.8 Å². The van der Waals surface area contributed by atoms with Gasteiger partial charge in [-0.15, -0.1) is 5.10 Å². The number of carbonyl (C=O) groups is 1. The Morgan fingerprint density at radius 2 is 2.24 bits per heavy atom. The first kappa shape index (κ1) is 16.9. The number of hydrogen-bond acceptors (Lipinski definition) is 7. The predicted octanol–water partition coefficient (Wildman–Crippen LogP) is 1.47. The molecule has 1 N–H and O–H groups in total. The Bertz CT molecular complexity index is 839. The number of methoxy groups -OCH3 is 1. The molecule has 0 saturated heterocycles. The van der Waals surface area contributed by atoms with E-state index in [-0.39, 0.29) is 11.7 Å². The zero-order valence-electron chi connectivity index (χ0n) is 13.5. The summed E-state index contributed by atoms with van der Waals surface area (Å²) in [5, 5.41) is 15.0. The van der Waals surface area contributed by atoms with E-state index in [1.807, 2.05) is 36.4 Å². The van der Waals surface area contributed by atoms with Gasteiger partial charge in [-0.25, -0.2) is 0 Å². The number of nitrogens with zero attached hydrogens (tertiary/aromatic N) is 5. The van der Waals surface area contributed by atoms with Crippen LogP contribution in [0.25, 0.3) is 5.69 Å². The molecule has 0 radical (unpaired) electrons. The van der Waals surface area contributed by atoms with Crippen molar-refractivity contribution in [2.75, 3.05) is 12.9 Å². The summed E-state index contributed by atoms with van der Waals surface area (Å²) in [5.74, 6) is 0.817. The van der Waals surface area contributed by atoms with Crippen LogP contribution >= 0.6 is 11.8 Å². The molecular weight excluding hydrogens is 340 g/mol. The second kappa shape index (κ2) is 8.25. The lowest BCUT2D eigenvalue weighted by Crippen LogP contribution is -2.24. The number of carbonyl (C=O) groups excluding carboxylic acids is 1. The Morgan fingerprint density at radius 1 is 1.32 bits per heavy atom. The molecule has 2 aromatic heterocycles. The number of amides is 1. The lowest BCUT2D eigenvalue weighted by molar-refractivity contribution is -0.118. The van der Waals surface area contributed by atoms with Crippen LogP contribution in [0.1, 0.15) is 5.56 Å². The highest BCUT2D eigenvalue weighted by Crippen LogP contribution is 2.21. The minimum absolute atomic E-state index is 0.103. The molecule has 0 fully saturated rings. The van der Waals surface area contributed by atoms with Gasteiger partial charge in [-0.3, -0.25) is 9.78 Å². The number of hydrogen-bond donors (Lipinski definition) is 1. The fourth-order valence-electron chi connectivity index (χ4n) is 2.06. The monoisotopic (exact) mass is 356 g/mol. The fraction of sp³-hybridized carbons (Fsp3) is 0.188. The molecule has 25 heavy (non-hydrogen) atoms. The van der Waals surface area contributed by atoms with Crippen molar-refractivity contribution in [1.82, 2.24) is 30.5 Å². The molecule has 0 aliphatic heterocycles. The summed E-state index contributed by atoms with van der Waals surface area (Å²) in [4.78, 5) is 16.0. The summed E-state index contributed by atoms with van der Waals surface area (Å²) in [5.41, 5.74) is 1.71. The van der Waals surface area contributed by atoms with Gasteiger partial charge in [-0.1, -0.05) is 23.9 Å². The van der Waals surface area contributed by atoms with Crippen LogP contribution in [0.3, 0.4) is 0 Å². The maximum Gasteiger partial charge on any atom is 0.230 e. The van der Waals surface area contributed by atoms with Crippen molar-refractivity contribution < 1.29 is 9.53 Å². The molecule has 3 rings (SSSR count). The first-order valence-corrected chi connectivity index (χ1v) is 8.46. The van der Waals surface area contributed by atoms with Crippen LogP contribution in [0.2, 0.25) is 0 Å². The number of nitrogens with one attached hydrogen (secondary N) is 1. The third-order valence-corrected chi connectivity index (χ3v) is 4.20. The van der Waals surface area contributed by atoms with E-state index in [0.29, 0.717) is 17.5 Å². The van der Waals surface area contributed by atoms with E-state index in [4.69, 9.17) is 4.74 Å². The van der Waals surface area contributed by atoms with Gasteiger partial charge in [0.1, 0.15) is 5.75 Å². The van der Waals surface area contributed by atoms with Crippen LogP contribution in [0, 0.1) is 0 Å². The fourth-order valence-corrected chi connectivity index (χ4v) is 2.78. The van der Waals surface area contributed by atoms with Gasteiger partial charge in [0.05, 0.1) is 18.6 Å². The van der Waals surface area contributed by atoms with Gasteiger partial charge in [-0.2, -0.15) is 4.68 Å². The minimum atomic E-state index is -0.103. The molecule has 3 aromatic rings. The molecule has 0 spiro atoms. The molecule has 8 nitrogen and oxygen atoms in total. The van der Waals surface area contributed by atoms with E-state index < -0.39 is 0 Å². The number of tetrazole rings is 1. The molecule has 0 aliphatic rings. The van der Waals surface area contributed by atoms with Crippen molar-refractivity contribution in [1.29, 1.82) is 0 Å². The van der Waals surface area contributed by atoms with Crippen LogP contribution in [0.15, 0.2) is 53.9 Å². The van der Waals surface area contributed by atoms with Gasteiger partial charge in [0.15, 0.2) is 0 Å². The van der Waals surface area contributed by atoms with E-state index in [9.17, 15) is 4.79 Å². The summed E-state index contributed by atoms with van der Waals surface area (Å²) < 4.78 is 6.78. The number of benzene rings is 1.